The van der Waals surface area contributed by atoms with Crippen LogP contribution in [0.25, 0.3) is 0 Å². The highest BCUT2D eigenvalue weighted by Crippen LogP contribution is 2.28. The fourth-order valence-electron chi connectivity index (χ4n) is 1.98. The van der Waals surface area contributed by atoms with Crippen LogP contribution in [0.4, 0.5) is 13.2 Å². The summed E-state index contributed by atoms with van der Waals surface area (Å²) in [7, 11) is 2.69. The second-order valence-corrected chi connectivity index (χ2v) is 4.90. The third-order valence-electron chi connectivity index (χ3n) is 3.18. The maximum Gasteiger partial charge on any atom is 0.433 e. The van der Waals surface area contributed by atoms with Crippen molar-refractivity contribution in [3.05, 3.63) is 40.7 Å². The predicted molar refractivity (Wildman–Crippen MR) is 76.0 cm³/mol. The number of alkyl halides is 3. The summed E-state index contributed by atoms with van der Waals surface area (Å²) in [6.45, 7) is -0.821. The van der Waals surface area contributed by atoms with Crippen molar-refractivity contribution >= 4 is 5.97 Å². The molecule has 0 atom stereocenters. The van der Waals surface area contributed by atoms with Gasteiger partial charge >= 0.3 is 12.1 Å². The van der Waals surface area contributed by atoms with Crippen molar-refractivity contribution in [2.24, 2.45) is 7.05 Å². The summed E-state index contributed by atoms with van der Waals surface area (Å²) < 4.78 is 49.5. The molecule has 0 spiro atoms. The van der Waals surface area contributed by atoms with Crippen molar-refractivity contribution in [2.45, 2.75) is 26.0 Å². The first-order valence-corrected chi connectivity index (χ1v) is 6.99. The van der Waals surface area contributed by atoms with Crippen LogP contribution < -0.4 is 0 Å². The Morgan fingerprint density at radius 1 is 1.28 bits per heavy atom. The number of aromatic nitrogens is 4. The van der Waals surface area contributed by atoms with Crippen molar-refractivity contribution in [3.63, 3.8) is 0 Å². The van der Waals surface area contributed by atoms with Gasteiger partial charge in [-0.15, -0.1) is 0 Å². The number of halogens is 3. The van der Waals surface area contributed by atoms with Crippen molar-refractivity contribution in [1.82, 2.24) is 19.7 Å². The van der Waals surface area contributed by atoms with E-state index < -0.39 is 17.8 Å². The van der Waals surface area contributed by atoms with E-state index in [1.807, 2.05) is 0 Å². The quantitative estimate of drug-likeness (QED) is 0.774. The molecule has 0 aliphatic carbocycles. The summed E-state index contributed by atoms with van der Waals surface area (Å²) in [6.07, 6.45) is -4.65. The minimum Gasteiger partial charge on any atom is -0.465 e. The SMILES string of the molecule is COC(=O)c1ccc(C(F)(F)F)nc1COCc1nc(CO)n(C)n1. The zero-order chi connectivity index (χ0) is 18.6. The Morgan fingerprint density at radius 3 is 2.56 bits per heavy atom. The van der Waals surface area contributed by atoms with Crippen molar-refractivity contribution < 1.29 is 32.5 Å². The van der Waals surface area contributed by atoms with Gasteiger partial charge in [0.05, 0.1) is 25.0 Å². The van der Waals surface area contributed by atoms with Gasteiger partial charge in [-0.05, 0) is 12.1 Å². The van der Waals surface area contributed by atoms with Crippen LogP contribution in [-0.2, 0) is 42.5 Å². The van der Waals surface area contributed by atoms with Gasteiger partial charge in [0.2, 0.25) is 0 Å². The lowest BCUT2D eigenvalue weighted by Crippen LogP contribution is -2.15. The Hall–Kier alpha value is -2.53. The predicted octanol–water partition coefficient (Wildman–Crippen LogP) is 1.22. The number of carbonyl (C=O) groups excluding carboxylic acids is 1. The molecule has 0 bridgehead atoms. The number of hydrogen-bond donors (Lipinski definition) is 1. The Labute approximate surface area is 140 Å². The molecule has 1 N–H and O–H groups in total. The number of hydrogen-bond acceptors (Lipinski definition) is 7. The number of ether oxygens (including phenoxy) is 2. The van der Waals surface area contributed by atoms with Crippen molar-refractivity contribution in [3.8, 4) is 0 Å². The number of aliphatic hydroxyl groups is 1. The third-order valence-corrected chi connectivity index (χ3v) is 3.18. The number of rotatable bonds is 6. The van der Waals surface area contributed by atoms with E-state index in [1.54, 1.807) is 7.05 Å². The van der Waals surface area contributed by atoms with Gasteiger partial charge in [0.15, 0.2) is 11.6 Å². The monoisotopic (exact) mass is 360 g/mol. The van der Waals surface area contributed by atoms with Crippen LogP contribution in [0, 0.1) is 0 Å². The van der Waals surface area contributed by atoms with E-state index in [2.05, 4.69) is 19.8 Å². The van der Waals surface area contributed by atoms with Crippen LogP contribution in [0.2, 0.25) is 0 Å². The summed E-state index contributed by atoms with van der Waals surface area (Å²) in [5.74, 6) is -0.275. The fraction of sp³-hybridized carbons (Fsp3) is 0.429. The van der Waals surface area contributed by atoms with Crippen molar-refractivity contribution in [1.29, 1.82) is 0 Å². The normalized spacial score (nSPS) is 11.6. The van der Waals surface area contributed by atoms with Gasteiger partial charge in [-0.1, -0.05) is 0 Å². The Bertz CT molecular complexity index is 761. The molecule has 8 nitrogen and oxygen atoms in total. The molecule has 2 aromatic heterocycles. The molecule has 2 rings (SSSR count). The largest absolute Gasteiger partial charge is 0.465 e. The van der Waals surface area contributed by atoms with E-state index in [4.69, 9.17) is 9.84 Å². The van der Waals surface area contributed by atoms with E-state index in [0.717, 1.165) is 13.2 Å². The van der Waals surface area contributed by atoms with Crippen LogP contribution in [0.5, 0.6) is 0 Å². The first-order chi connectivity index (χ1) is 11.8. The number of carbonyl (C=O) groups is 1. The molecule has 2 heterocycles. The molecule has 2 aromatic rings. The van der Waals surface area contributed by atoms with Gasteiger partial charge in [0.25, 0.3) is 0 Å². The zero-order valence-electron chi connectivity index (χ0n) is 13.4. The average Bonchev–Trinajstić information content (AvgIpc) is 2.93. The minimum absolute atomic E-state index is 0.125. The summed E-state index contributed by atoms with van der Waals surface area (Å²) >= 11 is 0. The van der Waals surface area contributed by atoms with E-state index >= 15 is 0 Å². The zero-order valence-corrected chi connectivity index (χ0v) is 13.4. The summed E-state index contributed by atoms with van der Waals surface area (Å²) in [5.41, 5.74) is -1.47. The standard InChI is InChI=1S/C14H15F3N4O4/c1-21-12(5-22)19-11(20-21)7-25-6-9-8(13(23)24-2)3-4-10(18-9)14(15,16)17/h3-4,22H,5-7H2,1-2H3. The highest BCUT2D eigenvalue weighted by molar-refractivity contribution is 5.90. The van der Waals surface area contributed by atoms with E-state index in [0.29, 0.717) is 11.9 Å². The molecule has 136 valence electrons. The topological polar surface area (TPSA) is 99.4 Å². The summed E-state index contributed by atoms with van der Waals surface area (Å²) in [6, 6.07) is 1.69. The number of nitrogens with zero attached hydrogens (tertiary/aromatic N) is 4. The molecular weight excluding hydrogens is 345 g/mol. The van der Waals surface area contributed by atoms with Crippen LogP contribution in [0.3, 0.4) is 0 Å². The van der Waals surface area contributed by atoms with Gasteiger partial charge in [-0.2, -0.15) is 18.3 Å². The van der Waals surface area contributed by atoms with E-state index in [1.165, 1.54) is 4.68 Å². The third kappa shape index (κ3) is 4.51. The molecule has 0 unspecified atom stereocenters. The van der Waals surface area contributed by atoms with E-state index in [9.17, 15) is 18.0 Å². The highest BCUT2D eigenvalue weighted by atomic mass is 19.4. The smallest absolute Gasteiger partial charge is 0.433 e. The first kappa shape index (κ1) is 18.8. The first-order valence-electron chi connectivity index (χ1n) is 6.99. The highest BCUT2D eigenvalue weighted by Gasteiger charge is 2.33. The summed E-state index contributed by atoms with van der Waals surface area (Å²) in [4.78, 5) is 19.1. The maximum absolute atomic E-state index is 12.8. The second kappa shape index (κ2) is 7.57. The minimum atomic E-state index is -4.65. The number of methoxy groups -OCH3 is 1. The van der Waals surface area contributed by atoms with Gasteiger partial charge < -0.3 is 14.6 Å². The van der Waals surface area contributed by atoms with Gasteiger partial charge in [-0.25, -0.2) is 14.8 Å². The Balaban J connectivity index is 2.16. The van der Waals surface area contributed by atoms with Crippen LogP contribution >= 0.6 is 0 Å². The lowest BCUT2D eigenvalue weighted by atomic mass is 10.1. The summed E-state index contributed by atoms with van der Waals surface area (Å²) in [5, 5.41) is 13.0. The molecule has 25 heavy (non-hydrogen) atoms. The lowest BCUT2D eigenvalue weighted by molar-refractivity contribution is -0.141. The molecule has 0 saturated carbocycles. The molecular formula is C14H15F3N4O4. The second-order valence-electron chi connectivity index (χ2n) is 4.90. The number of aryl methyl sites for hydroxylation is 1. The molecule has 11 heteroatoms. The fourth-order valence-corrected chi connectivity index (χ4v) is 1.98. The Morgan fingerprint density at radius 2 is 2.00 bits per heavy atom. The van der Waals surface area contributed by atoms with Gasteiger partial charge in [0, 0.05) is 7.05 Å². The molecule has 0 aliphatic rings. The Kier molecular flexibility index (Phi) is 5.69. The van der Waals surface area contributed by atoms with Gasteiger partial charge in [0.1, 0.15) is 18.9 Å². The van der Waals surface area contributed by atoms with Gasteiger partial charge in [-0.3, -0.25) is 4.68 Å². The van der Waals surface area contributed by atoms with Crippen LogP contribution in [-0.4, -0.2) is 37.9 Å². The maximum atomic E-state index is 12.8. The molecule has 0 aliphatic heterocycles. The van der Waals surface area contributed by atoms with E-state index in [-0.39, 0.29) is 36.9 Å². The number of pyridine rings is 1. The number of aliphatic hydroxyl groups excluding tert-OH is 1. The van der Waals surface area contributed by atoms with Crippen molar-refractivity contribution in [2.75, 3.05) is 7.11 Å². The molecule has 0 fully saturated rings. The molecule has 0 aromatic carbocycles. The van der Waals surface area contributed by atoms with Crippen LogP contribution in [0.15, 0.2) is 12.1 Å². The van der Waals surface area contributed by atoms with Crippen LogP contribution in [0.1, 0.15) is 33.4 Å². The lowest BCUT2D eigenvalue weighted by Gasteiger charge is -2.11. The molecule has 0 radical (unpaired) electrons. The molecule has 0 saturated heterocycles. The number of esters is 1. The average molecular weight is 360 g/mol. The molecule has 0 amide bonds.